The van der Waals surface area contributed by atoms with Crippen LogP contribution in [0.3, 0.4) is 0 Å². The molecule has 2 aromatic rings. The average molecular weight is 392 g/mol. The topological polar surface area (TPSA) is 35.6 Å². The van der Waals surface area contributed by atoms with Gasteiger partial charge in [-0.2, -0.15) is 0 Å². The smallest absolute Gasteiger partial charge is 0.318 e. The standard InChI is InChI=1S/C25H33N3O/c1-18(2)21-8-7-9-22(17-21)25(5,6)26-24(29)28-14-12-27(13-15-28)23-11-10-19(3)16-20(23)4/h7-11,16-17H,1,12-15H2,2-6H3,(H,26,29). The first-order valence-electron chi connectivity index (χ1n) is 10.3. The molecule has 1 fully saturated rings. The summed E-state index contributed by atoms with van der Waals surface area (Å²) in [5.74, 6) is 0. The number of rotatable bonds is 4. The van der Waals surface area contributed by atoms with E-state index in [1.807, 2.05) is 31.7 Å². The maximum Gasteiger partial charge on any atom is 0.318 e. The molecule has 4 nitrogen and oxygen atoms in total. The van der Waals surface area contributed by atoms with Crippen LogP contribution < -0.4 is 10.2 Å². The lowest BCUT2D eigenvalue weighted by atomic mass is 9.92. The maximum absolute atomic E-state index is 12.9. The van der Waals surface area contributed by atoms with Gasteiger partial charge in [-0.1, -0.05) is 48.0 Å². The highest BCUT2D eigenvalue weighted by Crippen LogP contribution is 2.25. The SMILES string of the molecule is C=C(C)c1cccc(C(C)(C)NC(=O)N2CCN(c3ccc(C)cc3C)CC2)c1. The first-order chi connectivity index (χ1) is 13.7. The zero-order chi connectivity index (χ0) is 21.2. The van der Waals surface area contributed by atoms with Crippen LogP contribution in [0.25, 0.3) is 5.57 Å². The van der Waals surface area contributed by atoms with Crippen LogP contribution in [-0.2, 0) is 5.54 Å². The second-order valence-corrected chi connectivity index (χ2v) is 8.68. The molecule has 0 radical (unpaired) electrons. The van der Waals surface area contributed by atoms with Crippen molar-refractivity contribution in [2.24, 2.45) is 0 Å². The van der Waals surface area contributed by atoms with Crippen LogP contribution in [0.1, 0.15) is 43.0 Å². The molecule has 3 rings (SSSR count). The van der Waals surface area contributed by atoms with Gasteiger partial charge in [-0.05, 0) is 63.4 Å². The highest BCUT2D eigenvalue weighted by atomic mass is 16.2. The number of hydrogen-bond donors (Lipinski definition) is 1. The molecule has 0 aromatic heterocycles. The summed E-state index contributed by atoms with van der Waals surface area (Å²) < 4.78 is 0. The summed E-state index contributed by atoms with van der Waals surface area (Å²) in [7, 11) is 0. The molecule has 1 N–H and O–H groups in total. The third kappa shape index (κ3) is 4.81. The summed E-state index contributed by atoms with van der Waals surface area (Å²) in [4.78, 5) is 17.2. The number of hydrogen-bond acceptors (Lipinski definition) is 2. The highest BCUT2D eigenvalue weighted by molar-refractivity contribution is 5.76. The van der Waals surface area contributed by atoms with Gasteiger partial charge in [0.15, 0.2) is 0 Å². The number of aryl methyl sites for hydroxylation is 2. The Morgan fingerprint density at radius 2 is 1.72 bits per heavy atom. The van der Waals surface area contributed by atoms with E-state index in [1.165, 1.54) is 16.8 Å². The van der Waals surface area contributed by atoms with Crippen molar-refractivity contribution in [2.75, 3.05) is 31.1 Å². The van der Waals surface area contributed by atoms with Gasteiger partial charge in [-0.3, -0.25) is 0 Å². The van der Waals surface area contributed by atoms with E-state index < -0.39 is 5.54 Å². The molecule has 154 valence electrons. The molecule has 2 amide bonds. The summed E-state index contributed by atoms with van der Waals surface area (Å²) in [5, 5.41) is 3.22. The Kier molecular flexibility index (Phi) is 6.02. The Labute approximate surface area is 175 Å². The molecule has 4 heteroatoms. The molecule has 1 aliphatic rings. The van der Waals surface area contributed by atoms with Gasteiger partial charge in [0, 0.05) is 31.9 Å². The van der Waals surface area contributed by atoms with E-state index in [4.69, 9.17) is 0 Å². The summed E-state index contributed by atoms with van der Waals surface area (Å²) in [6.45, 7) is 17.5. The van der Waals surface area contributed by atoms with E-state index >= 15 is 0 Å². The number of amides is 2. The van der Waals surface area contributed by atoms with Crippen molar-refractivity contribution in [3.63, 3.8) is 0 Å². The minimum Gasteiger partial charge on any atom is -0.368 e. The number of carbonyl (C=O) groups excluding carboxylic acids is 1. The Balaban J connectivity index is 1.63. The van der Waals surface area contributed by atoms with E-state index in [1.54, 1.807) is 0 Å². The molecule has 0 aliphatic carbocycles. The molecule has 1 saturated heterocycles. The van der Waals surface area contributed by atoms with Crippen molar-refractivity contribution < 1.29 is 4.79 Å². The van der Waals surface area contributed by atoms with Crippen LogP contribution in [0.2, 0.25) is 0 Å². The van der Waals surface area contributed by atoms with E-state index in [9.17, 15) is 4.79 Å². The fourth-order valence-corrected chi connectivity index (χ4v) is 3.90. The van der Waals surface area contributed by atoms with Crippen LogP contribution in [0, 0.1) is 13.8 Å². The molecule has 1 heterocycles. The van der Waals surface area contributed by atoms with Gasteiger partial charge in [0.05, 0.1) is 5.54 Å². The van der Waals surface area contributed by atoms with Crippen LogP contribution >= 0.6 is 0 Å². The fraction of sp³-hybridized carbons (Fsp3) is 0.400. The van der Waals surface area contributed by atoms with Gasteiger partial charge in [-0.15, -0.1) is 0 Å². The number of nitrogens with one attached hydrogen (secondary N) is 1. The van der Waals surface area contributed by atoms with Gasteiger partial charge < -0.3 is 15.1 Å². The van der Waals surface area contributed by atoms with Crippen LogP contribution in [0.15, 0.2) is 49.0 Å². The number of anilines is 1. The van der Waals surface area contributed by atoms with E-state index in [0.717, 1.165) is 42.9 Å². The van der Waals surface area contributed by atoms with Crippen molar-refractivity contribution in [3.05, 3.63) is 71.3 Å². The molecule has 0 bridgehead atoms. The lowest BCUT2D eigenvalue weighted by molar-refractivity contribution is 0.183. The third-order valence-corrected chi connectivity index (χ3v) is 5.76. The van der Waals surface area contributed by atoms with E-state index in [0.29, 0.717) is 0 Å². The second kappa shape index (κ2) is 8.32. The molecule has 1 aliphatic heterocycles. The second-order valence-electron chi connectivity index (χ2n) is 8.68. The Hall–Kier alpha value is -2.75. The molecular weight excluding hydrogens is 358 g/mol. The number of allylic oxidation sites excluding steroid dienone is 1. The quantitative estimate of drug-likeness (QED) is 0.787. The van der Waals surface area contributed by atoms with Crippen molar-refractivity contribution in [1.82, 2.24) is 10.2 Å². The minimum atomic E-state index is -0.451. The number of benzene rings is 2. The fourth-order valence-electron chi connectivity index (χ4n) is 3.90. The summed E-state index contributed by atoms with van der Waals surface area (Å²) in [5.41, 5.74) is 6.60. The van der Waals surface area contributed by atoms with Gasteiger partial charge in [0.2, 0.25) is 0 Å². The third-order valence-electron chi connectivity index (χ3n) is 5.76. The Morgan fingerprint density at radius 1 is 1.03 bits per heavy atom. The van der Waals surface area contributed by atoms with Crippen molar-refractivity contribution >= 4 is 17.3 Å². The highest BCUT2D eigenvalue weighted by Gasteiger charge is 2.28. The zero-order valence-electron chi connectivity index (χ0n) is 18.4. The number of piperazine rings is 1. The van der Waals surface area contributed by atoms with Gasteiger partial charge in [-0.25, -0.2) is 4.79 Å². The number of urea groups is 1. The first kappa shape index (κ1) is 21.0. The van der Waals surface area contributed by atoms with Crippen LogP contribution in [-0.4, -0.2) is 37.1 Å². The average Bonchev–Trinajstić information content (AvgIpc) is 2.68. The molecule has 0 spiro atoms. The Morgan fingerprint density at radius 3 is 2.34 bits per heavy atom. The molecule has 0 saturated carbocycles. The van der Waals surface area contributed by atoms with Crippen LogP contribution in [0.4, 0.5) is 10.5 Å². The van der Waals surface area contributed by atoms with Crippen molar-refractivity contribution in [1.29, 1.82) is 0 Å². The molecule has 0 atom stereocenters. The van der Waals surface area contributed by atoms with Crippen molar-refractivity contribution in [3.8, 4) is 0 Å². The van der Waals surface area contributed by atoms with Crippen molar-refractivity contribution in [2.45, 2.75) is 40.2 Å². The molecular formula is C25H33N3O. The summed E-state index contributed by atoms with van der Waals surface area (Å²) in [6.07, 6.45) is 0. The normalized spacial score (nSPS) is 14.7. The monoisotopic (exact) mass is 391 g/mol. The van der Waals surface area contributed by atoms with Gasteiger partial charge in [0.25, 0.3) is 0 Å². The minimum absolute atomic E-state index is 0.00370. The van der Waals surface area contributed by atoms with E-state index in [-0.39, 0.29) is 6.03 Å². The Bertz CT molecular complexity index is 908. The summed E-state index contributed by atoms with van der Waals surface area (Å²) >= 11 is 0. The van der Waals surface area contributed by atoms with E-state index in [2.05, 4.69) is 67.0 Å². The predicted molar refractivity (Wildman–Crippen MR) is 122 cm³/mol. The largest absolute Gasteiger partial charge is 0.368 e. The molecule has 2 aromatic carbocycles. The lowest BCUT2D eigenvalue weighted by Crippen LogP contribution is -2.55. The predicted octanol–water partition coefficient (Wildman–Crippen LogP) is 5.10. The molecule has 0 unspecified atom stereocenters. The first-order valence-corrected chi connectivity index (χ1v) is 10.3. The zero-order valence-corrected chi connectivity index (χ0v) is 18.4. The molecule has 29 heavy (non-hydrogen) atoms. The number of nitrogens with zero attached hydrogens (tertiary/aromatic N) is 2. The lowest BCUT2D eigenvalue weighted by Gasteiger charge is -2.38. The number of carbonyl (C=O) groups is 1. The van der Waals surface area contributed by atoms with Gasteiger partial charge in [0.1, 0.15) is 0 Å². The maximum atomic E-state index is 12.9. The van der Waals surface area contributed by atoms with Gasteiger partial charge >= 0.3 is 6.03 Å². The van der Waals surface area contributed by atoms with Crippen LogP contribution in [0.5, 0.6) is 0 Å². The summed E-state index contributed by atoms with van der Waals surface area (Å²) in [6, 6.07) is 14.8.